The van der Waals surface area contributed by atoms with E-state index in [0.717, 1.165) is 29.6 Å². The molecule has 5 rings (SSSR count). The first kappa shape index (κ1) is 15.4. The van der Waals surface area contributed by atoms with Gasteiger partial charge in [-0.1, -0.05) is 13.0 Å². The molecule has 5 fully saturated rings. The normalized spacial score (nSPS) is 51.5. The molecule has 3 heteroatoms. The van der Waals surface area contributed by atoms with Gasteiger partial charge in [0.15, 0.2) is 0 Å². The Hall–Kier alpha value is -0.830. The molecule has 0 saturated heterocycles. The fourth-order valence-electron chi connectivity index (χ4n) is 8.56. The van der Waals surface area contributed by atoms with Crippen LogP contribution in [0.3, 0.4) is 0 Å². The Bertz CT molecular complexity index is 584. The highest BCUT2D eigenvalue weighted by atomic mass is 16.6. The predicted octanol–water partition coefficient (Wildman–Crippen LogP) is 3.57. The molecule has 0 aromatic rings. The molecular formula is C21H30O3. The lowest BCUT2D eigenvalue weighted by Crippen LogP contribution is -2.52. The Balaban J connectivity index is 1.55. The SMILES string of the molecule is C=C(C)C(=O)OC(CO)C12CC(C3CCCC31)C1C3CCC(C3)C12. The van der Waals surface area contributed by atoms with Gasteiger partial charge in [0.1, 0.15) is 6.10 Å². The number of hydrogen-bond donors (Lipinski definition) is 1. The van der Waals surface area contributed by atoms with Crippen molar-refractivity contribution in [3.8, 4) is 0 Å². The Morgan fingerprint density at radius 2 is 2.04 bits per heavy atom. The van der Waals surface area contributed by atoms with Gasteiger partial charge in [-0.3, -0.25) is 0 Å². The molecule has 132 valence electrons. The highest BCUT2D eigenvalue weighted by molar-refractivity contribution is 5.87. The number of aliphatic hydroxyl groups is 1. The van der Waals surface area contributed by atoms with E-state index in [4.69, 9.17) is 4.74 Å². The van der Waals surface area contributed by atoms with Crippen LogP contribution in [0, 0.1) is 46.8 Å². The van der Waals surface area contributed by atoms with Gasteiger partial charge in [0.25, 0.3) is 0 Å². The molecule has 5 saturated carbocycles. The minimum absolute atomic E-state index is 0.0183. The molecule has 0 aromatic heterocycles. The Kier molecular flexibility index (Phi) is 3.27. The zero-order valence-electron chi connectivity index (χ0n) is 14.7. The summed E-state index contributed by atoms with van der Waals surface area (Å²) in [6, 6.07) is 0. The summed E-state index contributed by atoms with van der Waals surface area (Å²) in [6.07, 6.45) is 9.06. The van der Waals surface area contributed by atoms with Gasteiger partial charge < -0.3 is 9.84 Å². The summed E-state index contributed by atoms with van der Waals surface area (Å²) in [4.78, 5) is 12.3. The summed E-state index contributed by atoms with van der Waals surface area (Å²) in [5.41, 5.74) is 0.515. The number of ether oxygens (including phenoxy) is 1. The molecule has 0 aliphatic heterocycles. The fourth-order valence-corrected chi connectivity index (χ4v) is 8.56. The Morgan fingerprint density at radius 1 is 1.25 bits per heavy atom. The van der Waals surface area contributed by atoms with Crippen LogP contribution in [-0.2, 0) is 9.53 Å². The van der Waals surface area contributed by atoms with Crippen molar-refractivity contribution in [2.75, 3.05) is 6.61 Å². The molecule has 0 aromatic carbocycles. The smallest absolute Gasteiger partial charge is 0.333 e. The second kappa shape index (κ2) is 5.09. The zero-order valence-corrected chi connectivity index (χ0v) is 14.7. The van der Waals surface area contributed by atoms with Gasteiger partial charge in [-0.05, 0) is 86.9 Å². The fraction of sp³-hybridized carbons (Fsp3) is 0.857. The Morgan fingerprint density at radius 3 is 2.79 bits per heavy atom. The molecule has 9 unspecified atom stereocenters. The van der Waals surface area contributed by atoms with E-state index in [9.17, 15) is 9.90 Å². The van der Waals surface area contributed by atoms with Gasteiger partial charge in [0.05, 0.1) is 6.61 Å². The third-order valence-electron chi connectivity index (χ3n) is 8.86. The van der Waals surface area contributed by atoms with Crippen LogP contribution in [0.25, 0.3) is 0 Å². The maximum absolute atomic E-state index is 12.3. The topological polar surface area (TPSA) is 46.5 Å². The number of aliphatic hydroxyl groups excluding tert-OH is 1. The summed E-state index contributed by atoms with van der Waals surface area (Å²) >= 11 is 0. The van der Waals surface area contributed by atoms with Crippen LogP contribution in [0.5, 0.6) is 0 Å². The molecule has 5 aliphatic carbocycles. The van der Waals surface area contributed by atoms with Gasteiger partial charge in [0.2, 0.25) is 0 Å². The minimum atomic E-state index is -0.313. The average molecular weight is 330 g/mol. The highest BCUT2D eigenvalue weighted by Crippen LogP contribution is 2.78. The van der Waals surface area contributed by atoms with Crippen molar-refractivity contribution in [1.82, 2.24) is 0 Å². The van der Waals surface area contributed by atoms with Crippen LogP contribution in [0.15, 0.2) is 12.2 Å². The summed E-state index contributed by atoms with van der Waals surface area (Å²) in [5, 5.41) is 10.2. The monoisotopic (exact) mass is 330 g/mol. The average Bonchev–Trinajstić information content (AvgIpc) is 3.34. The molecule has 0 spiro atoms. The van der Waals surface area contributed by atoms with Crippen molar-refractivity contribution in [3.05, 3.63) is 12.2 Å². The molecule has 0 amide bonds. The minimum Gasteiger partial charge on any atom is -0.456 e. The number of carbonyl (C=O) groups excluding carboxylic acids is 1. The second-order valence-electron chi connectivity index (χ2n) is 9.47. The maximum Gasteiger partial charge on any atom is 0.333 e. The van der Waals surface area contributed by atoms with E-state index >= 15 is 0 Å². The largest absolute Gasteiger partial charge is 0.456 e. The third kappa shape index (κ3) is 1.70. The number of hydrogen-bond acceptors (Lipinski definition) is 3. The molecule has 5 aliphatic rings. The van der Waals surface area contributed by atoms with Crippen molar-refractivity contribution in [2.45, 2.75) is 58.0 Å². The molecule has 0 heterocycles. The lowest BCUT2D eigenvalue weighted by Gasteiger charge is -2.50. The van der Waals surface area contributed by atoms with E-state index < -0.39 is 0 Å². The lowest BCUT2D eigenvalue weighted by molar-refractivity contribution is -0.167. The van der Waals surface area contributed by atoms with Gasteiger partial charge in [0, 0.05) is 11.0 Å². The third-order valence-corrected chi connectivity index (χ3v) is 8.86. The van der Waals surface area contributed by atoms with Crippen LogP contribution < -0.4 is 0 Å². The predicted molar refractivity (Wildman–Crippen MR) is 91.0 cm³/mol. The quantitative estimate of drug-likeness (QED) is 0.487. The van der Waals surface area contributed by atoms with Gasteiger partial charge in [-0.25, -0.2) is 4.79 Å². The van der Waals surface area contributed by atoms with Crippen LogP contribution in [0.4, 0.5) is 0 Å². The molecular weight excluding hydrogens is 300 g/mol. The number of esters is 1. The first-order chi connectivity index (χ1) is 11.6. The second-order valence-corrected chi connectivity index (χ2v) is 9.47. The maximum atomic E-state index is 12.3. The van der Waals surface area contributed by atoms with E-state index in [1.54, 1.807) is 6.92 Å². The number of fused-ring (bicyclic) bond motifs is 12. The zero-order chi connectivity index (χ0) is 16.6. The van der Waals surface area contributed by atoms with Gasteiger partial charge in [-0.2, -0.15) is 0 Å². The van der Waals surface area contributed by atoms with Crippen molar-refractivity contribution in [3.63, 3.8) is 0 Å². The molecule has 0 radical (unpaired) electrons. The first-order valence-electron chi connectivity index (χ1n) is 10.0. The van der Waals surface area contributed by atoms with Gasteiger partial charge >= 0.3 is 5.97 Å². The molecule has 1 N–H and O–H groups in total. The van der Waals surface area contributed by atoms with Gasteiger partial charge in [-0.15, -0.1) is 0 Å². The summed E-state index contributed by atoms with van der Waals surface area (Å²) in [5.74, 6) is 5.36. The van der Waals surface area contributed by atoms with Crippen molar-refractivity contribution in [2.24, 2.45) is 46.8 Å². The molecule has 3 nitrogen and oxygen atoms in total. The van der Waals surface area contributed by atoms with Crippen LogP contribution in [0.1, 0.15) is 51.9 Å². The first-order valence-corrected chi connectivity index (χ1v) is 10.0. The lowest BCUT2D eigenvalue weighted by atomic mass is 9.56. The number of carbonyl (C=O) groups is 1. The summed E-state index contributed by atoms with van der Waals surface area (Å²) in [6.45, 7) is 5.43. The molecule has 9 atom stereocenters. The van der Waals surface area contributed by atoms with E-state index in [-0.39, 0.29) is 24.1 Å². The van der Waals surface area contributed by atoms with E-state index in [0.29, 0.717) is 17.4 Å². The Labute approximate surface area is 144 Å². The van der Waals surface area contributed by atoms with E-state index in [1.165, 1.54) is 44.9 Å². The van der Waals surface area contributed by atoms with E-state index in [1.807, 2.05) is 0 Å². The number of rotatable bonds is 4. The standard InChI is InChI=1S/C21H30O3/c1-11(2)20(23)24-17(10-22)21-9-15(14-4-3-5-16(14)21)18-12-6-7-13(8-12)19(18)21/h12-19,22H,1,3-10H2,2H3. The van der Waals surface area contributed by atoms with Crippen molar-refractivity contribution in [1.29, 1.82) is 0 Å². The molecule has 4 bridgehead atoms. The van der Waals surface area contributed by atoms with Crippen LogP contribution in [-0.4, -0.2) is 23.8 Å². The highest BCUT2D eigenvalue weighted by Gasteiger charge is 2.75. The molecule has 24 heavy (non-hydrogen) atoms. The van der Waals surface area contributed by atoms with Crippen LogP contribution in [0.2, 0.25) is 0 Å². The summed E-state index contributed by atoms with van der Waals surface area (Å²) in [7, 11) is 0. The van der Waals surface area contributed by atoms with Crippen molar-refractivity contribution >= 4 is 5.97 Å². The van der Waals surface area contributed by atoms with E-state index in [2.05, 4.69) is 6.58 Å². The van der Waals surface area contributed by atoms with Crippen molar-refractivity contribution < 1.29 is 14.6 Å². The van der Waals surface area contributed by atoms with Crippen LogP contribution >= 0.6 is 0 Å². The summed E-state index contributed by atoms with van der Waals surface area (Å²) < 4.78 is 5.90.